The van der Waals surface area contributed by atoms with Crippen LogP contribution in [-0.2, 0) is 49.7 Å². The van der Waals surface area contributed by atoms with E-state index in [-0.39, 0.29) is 89.6 Å². The Kier molecular flexibility index (Phi) is 26.4. The lowest BCUT2D eigenvalue weighted by molar-refractivity contribution is -0.130. The van der Waals surface area contributed by atoms with E-state index in [1.807, 2.05) is 67.6 Å². The number of anilines is 5. The van der Waals surface area contributed by atoms with Crippen LogP contribution in [0.4, 0.5) is 42.0 Å². The number of nitrogens with zero attached hydrogens (tertiary/aromatic N) is 13. The Morgan fingerprint density at radius 2 is 0.710 bits per heavy atom. The second-order valence-electron chi connectivity index (χ2n) is 41.5. The minimum absolute atomic E-state index is 0.0107. The molecular weight excluding hydrogens is 1750 g/mol. The lowest BCUT2D eigenvalue weighted by Gasteiger charge is -2.38. The third kappa shape index (κ3) is 17.1. The molecule has 5 unspecified atom stereocenters. The fourth-order valence-electron chi connectivity index (χ4n) is 26.5. The second-order valence-corrected chi connectivity index (χ2v) is 41.5. The maximum absolute atomic E-state index is 15.3. The molecule has 10 N–H and O–H groups in total. The Labute approximate surface area is 803 Å². The van der Waals surface area contributed by atoms with Gasteiger partial charge in [0, 0.05) is 222 Å². The molecule has 8 saturated carbocycles. The molecule has 0 radical (unpaired) electrons. The molecule has 5 aliphatic heterocycles. The van der Waals surface area contributed by atoms with Gasteiger partial charge >= 0.3 is 0 Å². The summed E-state index contributed by atoms with van der Waals surface area (Å²) in [7, 11) is 3.53. The van der Waals surface area contributed by atoms with Gasteiger partial charge in [-0.25, -0.2) is 53.0 Å². The number of H-pyrrole nitrogens is 5. The maximum Gasteiger partial charge on any atom is 0.246 e. The van der Waals surface area contributed by atoms with Gasteiger partial charge in [-0.05, 0) is 244 Å². The molecule has 0 bridgehead atoms. The van der Waals surface area contributed by atoms with Gasteiger partial charge in [0.15, 0.2) is 0 Å². The number of fused-ring (bicyclic) bond motifs is 8. The lowest BCUT2D eigenvalue weighted by Crippen LogP contribution is -2.49. The molecule has 5 amide bonds. The van der Waals surface area contributed by atoms with E-state index >= 15 is 13.2 Å². The number of carbonyl (C=O) groups excluding carboxylic acids is 5. The van der Waals surface area contributed by atoms with Gasteiger partial charge in [-0.1, -0.05) is 52.2 Å². The van der Waals surface area contributed by atoms with Gasteiger partial charge in [-0.2, -0.15) is 0 Å². The fraction of sp³-hybridized carbons (Fsp3) is 0.552. The van der Waals surface area contributed by atoms with Crippen molar-refractivity contribution in [3.05, 3.63) is 166 Å². The Hall–Kier alpha value is -12.0. The van der Waals surface area contributed by atoms with Crippen LogP contribution < -0.4 is 26.6 Å². The van der Waals surface area contributed by atoms with Crippen molar-refractivity contribution in [1.29, 1.82) is 0 Å². The van der Waals surface area contributed by atoms with Gasteiger partial charge < -0.3 is 85.5 Å². The van der Waals surface area contributed by atoms with Crippen LogP contribution in [0.15, 0.2) is 138 Å². The van der Waals surface area contributed by atoms with Crippen molar-refractivity contribution in [3.63, 3.8) is 0 Å². The van der Waals surface area contributed by atoms with E-state index in [0.29, 0.717) is 56.4 Å². The van der Waals surface area contributed by atoms with Crippen LogP contribution in [0.5, 0.6) is 0 Å². The van der Waals surface area contributed by atoms with Crippen LogP contribution in [0.1, 0.15) is 209 Å². The first-order valence-corrected chi connectivity index (χ1v) is 50.1. The van der Waals surface area contributed by atoms with Gasteiger partial charge in [-0.15, -0.1) is 0 Å². The van der Waals surface area contributed by atoms with Crippen molar-refractivity contribution >= 4 is 114 Å². The molecule has 20 atom stereocenters. The summed E-state index contributed by atoms with van der Waals surface area (Å²) in [5.74, 6) is 4.63. The molecule has 10 aromatic rings. The molecule has 732 valence electrons. The zero-order valence-electron chi connectivity index (χ0n) is 80.7. The zero-order chi connectivity index (χ0) is 96.5. The predicted molar refractivity (Wildman–Crippen MR) is 531 cm³/mol. The Balaban J connectivity index is 0.000000110. The van der Waals surface area contributed by atoms with Gasteiger partial charge in [-0.3, -0.25) is 24.0 Å². The average Bonchev–Trinajstić information content (AvgIpc) is 1.49. The summed E-state index contributed by atoms with van der Waals surface area (Å²) in [5, 5.41) is 23.0. The number of piperidine rings is 5. The molecule has 23 rings (SSSR count). The number of nitrogens with one attached hydrogen (secondary N) is 10. The molecule has 0 aromatic carbocycles. The van der Waals surface area contributed by atoms with E-state index < -0.39 is 33.3 Å². The predicted octanol–water partition coefficient (Wildman–Crippen LogP) is 16.6. The number of amides is 5. The van der Waals surface area contributed by atoms with Crippen molar-refractivity contribution in [2.24, 2.45) is 29.6 Å². The molecule has 10 aromatic heterocycles. The van der Waals surface area contributed by atoms with Crippen LogP contribution in [-0.4, -0.2) is 258 Å². The summed E-state index contributed by atoms with van der Waals surface area (Å²) in [6, 6.07) is 5.38. The quantitative estimate of drug-likeness (QED) is 0.0251. The number of hydrogen-bond acceptors (Lipinski definition) is 20. The highest BCUT2D eigenvalue weighted by Gasteiger charge is 2.80. The van der Waals surface area contributed by atoms with Crippen molar-refractivity contribution in [1.82, 2.24) is 89.3 Å². The molecule has 138 heavy (non-hydrogen) atoms. The first kappa shape index (κ1) is 94.9. The van der Waals surface area contributed by atoms with Crippen molar-refractivity contribution < 1.29 is 46.6 Å². The SMILES string of the molecule is C=CC(=O)N1CCC[C@@H](Nc2ncnc3[nH]cc(C45CCCC4C5(C)F)c23)C1.C=CC(=O)N1CCC[C@@H](Nc2ncnc3[nH]cc([C@@]45CCC[C@@H]4C5(C)F)c23)C1.C=CC(=O)N1CCC[C@@H](Nc2ncnc3[nH]cc([C@]45CCC[C@H]4C5(C)F)c23)C1.C=CC(=O)N1C[C@H](Nc2ccnc3[nH]cc([C@@H]4C[C@H]4COC)c23)CC[C@@H]1C.C=CC(=O)N1C[C@H](Nc2ccnc3[nH]cc([C@H]4C[C@@H]4COC)c23)CC[C@@H]1C. The summed E-state index contributed by atoms with van der Waals surface area (Å²) in [4.78, 5) is 122. The lowest BCUT2D eigenvalue weighted by atomic mass is 9.90. The van der Waals surface area contributed by atoms with Crippen molar-refractivity contribution in [2.45, 2.75) is 257 Å². The molecular formula is C105H134F3N23O7. The van der Waals surface area contributed by atoms with Gasteiger partial charge in [0.1, 0.15) is 81.7 Å². The van der Waals surface area contributed by atoms with Gasteiger partial charge in [0.25, 0.3) is 0 Å². The van der Waals surface area contributed by atoms with E-state index in [1.54, 1.807) is 35.0 Å². The Morgan fingerprint density at radius 1 is 0.399 bits per heavy atom. The maximum atomic E-state index is 15.3. The molecule has 15 heterocycles. The molecule has 8 aliphatic carbocycles. The van der Waals surface area contributed by atoms with Crippen molar-refractivity contribution in [2.75, 3.05) is 106 Å². The number of ether oxygens (including phenoxy) is 2. The molecule has 0 spiro atoms. The summed E-state index contributed by atoms with van der Waals surface area (Å²) in [5.41, 5.74) is 7.21. The van der Waals surface area contributed by atoms with E-state index in [4.69, 9.17) is 9.47 Å². The van der Waals surface area contributed by atoms with Crippen LogP contribution in [0.25, 0.3) is 55.2 Å². The summed E-state index contributed by atoms with van der Waals surface area (Å²) in [6.07, 6.45) is 45.9. The minimum atomic E-state index is -1.16. The first-order chi connectivity index (χ1) is 66.7. The number of rotatable bonds is 24. The number of aromatic nitrogens is 13. The van der Waals surface area contributed by atoms with E-state index in [9.17, 15) is 24.0 Å². The Bertz CT molecular complexity index is 5770. The molecule has 30 nitrogen and oxygen atoms in total. The smallest absolute Gasteiger partial charge is 0.246 e. The number of methoxy groups -OCH3 is 2. The second kappa shape index (κ2) is 38.3. The zero-order valence-corrected chi connectivity index (χ0v) is 80.7. The standard InChI is InChI=1S/3C21H26FN5O.2C21H28N4O2/c3*1-3-16(28)27-9-5-6-13(11-27)26-19-17-14(10-23-18(17)24-12-25-19)21-8-4-7-15(21)20(21,2)22;2*1-4-19(26)25-11-15(6-5-13(25)2)24-18-7-8-22-21-20(18)17(10-23-21)16-9-14(16)12-27-3/h3*3,10,12-13,15H,1,4-9,11H2,2H3,(H2,23,24,25,26);2*4,7-8,10,13-16H,1,5-6,9,11-12H2,2-3H3,(H2,22,23,24)/t13-,15?,20?,21?;13-,15+,20?,21-;13-,15-,20?,21+;13-,14+,15+,16-;13-,14-,15+,16+/m11100/s1. The van der Waals surface area contributed by atoms with E-state index in [1.165, 1.54) is 71.3 Å². The van der Waals surface area contributed by atoms with E-state index in [0.717, 1.165) is 258 Å². The highest BCUT2D eigenvalue weighted by Crippen LogP contribution is 2.77. The monoisotopic (exact) mass is 1890 g/mol. The first-order valence-electron chi connectivity index (χ1n) is 50.1. The third-order valence-corrected chi connectivity index (χ3v) is 33.9. The average molecular weight is 1890 g/mol. The van der Waals surface area contributed by atoms with Crippen molar-refractivity contribution in [3.8, 4) is 0 Å². The molecule has 5 saturated heterocycles. The fourth-order valence-corrected chi connectivity index (χ4v) is 26.5. The number of hydrogen-bond donors (Lipinski definition) is 10. The van der Waals surface area contributed by atoms with Gasteiger partial charge in [0.2, 0.25) is 29.5 Å². The number of likely N-dealkylation sites (tertiary alicyclic amines) is 5. The molecule has 33 heteroatoms. The number of pyridine rings is 2. The van der Waals surface area contributed by atoms with E-state index in [2.05, 4.69) is 151 Å². The minimum Gasteiger partial charge on any atom is -0.384 e. The highest BCUT2D eigenvalue weighted by atomic mass is 19.2. The van der Waals surface area contributed by atoms with Crippen LogP contribution in [0.3, 0.4) is 0 Å². The molecule has 13 aliphatic rings. The largest absolute Gasteiger partial charge is 0.384 e. The summed E-state index contributed by atoms with van der Waals surface area (Å²) < 4.78 is 56.5. The van der Waals surface area contributed by atoms with Crippen LogP contribution in [0, 0.1) is 29.6 Å². The Morgan fingerprint density at radius 3 is 1.01 bits per heavy atom. The third-order valence-electron chi connectivity index (χ3n) is 33.9. The number of halogens is 3. The summed E-state index contributed by atoms with van der Waals surface area (Å²) in [6.45, 7) is 34.6. The van der Waals surface area contributed by atoms with Crippen LogP contribution in [0.2, 0.25) is 0 Å². The normalized spacial score (nSPS) is 31.7. The topological polar surface area (TPSA) is 362 Å². The van der Waals surface area contributed by atoms with Gasteiger partial charge in [0.05, 0.1) is 16.2 Å². The highest BCUT2D eigenvalue weighted by molar-refractivity contribution is 5.98. The number of aromatic amines is 5. The molecule has 13 fully saturated rings. The summed E-state index contributed by atoms with van der Waals surface area (Å²) >= 11 is 0. The number of carbonyl (C=O) groups is 5. The van der Waals surface area contributed by atoms with Crippen LogP contribution >= 0.6 is 0 Å². The number of alkyl halides is 3.